The number of rotatable bonds is 3. The molecule has 84 valence electrons. The monoisotopic (exact) mass is 420 g/mol. The summed E-state index contributed by atoms with van der Waals surface area (Å²) < 4.78 is 1.01. The molecule has 0 saturated heterocycles. The van der Waals surface area contributed by atoms with Crippen molar-refractivity contribution < 1.29 is 0 Å². The van der Waals surface area contributed by atoms with Gasteiger partial charge in [-0.25, -0.2) is 0 Å². The molecule has 0 aliphatic carbocycles. The molecule has 1 rings (SSSR count). The van der Waals surface area contributed by atoms with Gasteiger partial charge in [0, 0.05) is 0 Å². The van der Waals surface area contributed by atoms with E-state index in [0.717, 1.165) is 1.95 Å². The molecule has 0 aliphatic heterocycles. The van der Waals surface area contributed by atoms with Crippen LogP contribution in [0.25, 0.3) is 0 Å². The molecule has 1 aromatic carbocycles. The van der Waals surface area contributed by atoms with E-state index >= 15 is 0 Å². The fourth-order valence-corrected chi connectivity index (χ4v) is 66.9. The van der Waals surface area contributed by atoms with E-state index in [0.29, 0.717) is 0 Å². The van der Waals surface area contributed by atoms with E-state index in [9.17, 15) is 0 Å². The standard InChI is InChI=1S/C7H6.6CH3.2Sn/c1-7-5-3-2-4-6-7;;;;;;;;/h1-6H;6*1H3;;. The summed E-state index contributed by atoms with van der Waals surface area (Å²) >= 11 is -3.64. The zero-order valence-corrected chi connectivity index (χ0v) is 16.7. The quantitative estimate of drug-likeness (QED) is 0.634. The van der Waals surface area contributed by atoms with Gasteiger partial charge in [-0.15, -0.1) is 0 Å². The van der Waals surface area contributed by atoms with E-state index in [1.54, 1.807) is 5.56 Å². The van der Waals surface area contributed by atoms with Crippen LogP contribution in [0.3, 0.4) is 0 Å². The molecule has 15 heavy (non-hydrogen) atoms. The van der Waals surface area contributed by atoms with Crippen LogP contribution in [-0.4, -0.2) is 36.8 Å². The third-order valence-corrected chi connectivity index (χ3v) is 47.8. The zero-order chi connectivity index (χ0) is 11.7. The Labute approximate surface area is 103 Å². The summed E-state index contributed by atoms with van der Waals surface area (Å²) in [5.41, 5.74) is 1.64. The second-order valence-corrected chi connectivity index (χ2v) is 41.6. The maximum absolute atomic E-state index is 2.59. The van der Waals surface area contributed by atoms with Crippen LogP contribution in [0.15, 0.2) is 30.3 Å². The van der Waals surface area contributed by atoms with E-state index in [1.807, 2.05) is 0 Å². The first-order valence-corrected chi connectivity index (χ1v) is 26.2. The van der Waals surface area contributed by atoms with Gasteiger partial charge in [-0.05, 0) is 0 Å². The van der Waals surface area contributed by atoms with Gasteiger partial charge in [0.25, 0.3) is 0 Å². The third kappa shape index (κ3) is 3.95. The van der Waals surface area contributed by atoms with Crippen molar-refractivity contribution in [2.45, 2.75) is 31.6 Å². The van der Waals surface area contributed by atoms with Gasteiger partial charge < -0.3 is 0 Å². The first kappa shape index (κ1) is 13.9. The normalized spacial score (nSPS) is 13.3. The minimum atomic E-state index is -1.82. The average molecular weight is 418 g/mol. The maximum atomic E-state index is 2.59. The number of hydrogen-bond acceptors (Lipinski definition) is 0. The van der Waals surface area contributed by atoms with Gasteiger partial charge in [0.15, 0.2) is 0 Å². The van der Waals surface area contributed by atoms with Gasteiger partial charge in [0.1, 0.15) is 0 Å². The fraction of sp³-hybridized carbons (Fsp3) is 0.538. The van der Waals surface area contributed by atoms with Gasteiger partial charge in [0.05, 0.1) is 0 Å². The molecule has 0 nitrogen and oxygen atoms in total. The predicted molar refractivity (Wildman–Crippen MR) is 75.9 cm³/mol. The van der Waals surface area contributed by atoms with E-state index in [-0.39, 0.29) is 0 Å². The minimum absolute atomic E-state index is 1.01. The molecule has 2 heteroatoms. The molecular weight excluding hydrogens is 394 g/mol. The second kappa shape index (κ2) is 4.99. The Hall–Kier alpha value is 0.817. The van der Waals surface area contributed by atoms with Crippen LogP contribution in [0, 0.1) is 0 Å². The van der Waals surface area contributed by atoms with Crippen LogP contribution in [0.2, 0.25) is 29.6 Å². The molecule has 0 atom stereocenters. The number of hydrogen-bond donors (Lipinski definition) is 0. The summed E-state index contributed by atoms with van der Waals surface area (Å²) in [7, 11) is 0. The molecule has 0 saturated carbocycles. The molecule has 0 N–H and O–H groups in total. The van der Waals surface area contributed by atoms with Crippen LogP contribution in [0.5, 0.6) is 0 Å². The summed E-state index contributed by atoms with van der Waals surface area (Å²) in [5.74, 6) is 0. The van der Waals surface area contributed by atoms with Gasteiger partial charge in [-0.2, -0.15) is 0 Å². The van der Waals surface area contributed by atoms with Crippen molar-refractivity contribution in [3.8, 4) is 0 Å². The Bertz CT molecular complexity index is 290. The molecule has 0 aromatic heterocycles. The Balaban J connectivity index is 3.15. The fourth-order valence-electron chi connectivity index (χ4n) is 2.94. The van der Waals surface area contributed by atoms with Gasteiger partial charge in [0.2, 0.25) is 0 Å². The molecular formula is C13H24Sn2. The van der Waals surface area contributed by atoms with Crippen LogP contribution >= 0.6 is 0 Å². The van der Waals surface area contributed by atoms with Crippen LogP contribution in [0.1, 0.15) is 7.51 Å². The van der Waals surface area contributed by atoms with Gasteiger partial charge in [-0.1, -0.05) is 0 Å². The summed E-state index contributed by atoms with van der Waals surface area (Å²) in [6, 6.07) is 11.3. The van der Waals surface area contributed by atoms with Crippen molar-refractivity contribution >= 4 is 36.8 Å². The Morgan fingerprint density at radius 2 is 1.13 bits per heavy atom. The van der Waals surface area contributed by atoms with Crippen molar-refractivity contribution in [2.75, 3.05) is 0 Å². The van der Waals surface area contributed by atoms with Crippen molar-refractivity contribution in [2.24, 2.45) is 0 Å². The Kier molecular flexibility index (Phi) is 4.61. The van der Waals surface area contributed by atoms with Crippen LogP contribution in [-0.2, 0) is 0 Å². The SMILES string of the molecule is [CH3][Sn]([CH3])([CH3])[CH](c1ccccc1)[Sn]([CH3])([CH3])[CH3]. The molecule has 0 radical (unpaired) electrons. The molecule has 0 heterocycles. The second-order valence-electron chi connectivity index (χ2n) is 6.58. The summed E-state index contributed by atoms with van der Waals surface area (Å²) in [5, 5.41) is 0. The summed E-state index contributed by atoms with van der Waals surface area (Å²) in [6.45, 7) is 0. The molecule has 0 spiro atoms. The zero-order valence-electron chi connectivity index (χ0n) is 11.0. The van der Waals surface area contributed by atoms with E-state index < -0.39 is 36.8 Å². The molecule has 0 unspecified atom stereocenters. The van der Waals surface area contributed by atoms with Crippen molar-refractivity contribution in [3.63, 3.8) is 0 Å². The van der Waals surface area contributed by atoms with Crippen LogP contribution in [0.4, 0.5) is 0 Å². The van der Waals surface area contributed by atoms with Crippen molar-refractivity contribution in [3.05, 3.63) is 35.9 Å². The molecule has 0 aliphatic rings. The first-order chi connectivity index (χ1) is 6.73. The molecule has 0 fully saturated rings. The van der Waals surface area contributed by atoms with E-state index in [4.69, 9.17) is 0 Å². The van der Waals surface area contributed by atoms with Crippen molar-refractivity contribution in [1.29, 1.82) is 0 Å². The van der Waals surface area contributed by atoms with Gasteiger partial charge >= 0.3 is 104 Å². The average Bonchev–Trinajstić information content (AvgIpc) is 2.00. The van der Waals surface area contributed by atoms with Crippen LogP contribution < -0.4 is 0 Å². The first-order valence-electron chi connectivity index (χ1n) is 5.78. The molecule has 0 bridgehead atoms. The Morgan fingerprint density at radius 3 is 1.47 bits per heavy atom. The van der Waals surface area contributed by atoms with E-state index in [2.05, 4.69) is 60.0 Å². The third-order valence-electron chi connectivity index (χ3n) is 2.86. The molecule has 0 amide bonds. The predicted octanol–water partition coefficient (Wildman–Crippen LogP) is 4.53. The summed E-state index contributed by atoms with van der Waals surface area (Å²) in [6.07, 6.45) is 0. The van der Waals surface area contributed by atoms with Gasteiger partial charge in [-0.3, -0.25) is 0 Å². The molecule has 1 aromatic rings. The summed E-state index contributed by atoms with van der Waals surface area (Å²) in [4.78, 5) is 15.6. The number of benzene rings is 1. The topological polar surface area (TPSA) is 0 Å². The van der Waals surface area contributed by atoms with E-state index in [1.165, 1.54) is 0 Å². The van der Waals surface area contributed by atoms with Crippen molar-refractivity contribution in [1.82, 2.24) is 0 Å². The Morgan fingerprint density at radius 1 is 0.733 bits per heavy atom.